The molecule has 1 N–H and O–H groups in total. The van der Waals surface area contributed by atoms with Crippen LogP contribution in [0.3, 0.4) is 0 Å². The highest BCUT2D eigenvalue weighted by molar-refractivity contribution is 7.10. The van der Waals surface area contributed by atoms with E-state index >= 15 is 0 Å². The van der Waals surface area contributed by atoms with Crippen LogP contribution in [0, 0.1) is 0 Å². The summed E-state index contributed by atoms with van der Waals surface area (Å²) in [5.41, 5.74) is 2.56. The first-order valence-corrected chi connectivity index (χ1v) is 7.01. The van der Waals surface area contributed by atoms with E-state index < -0.39 is 0 Å². The van der Waals surface area contributed by atoms with E-state index in [0.717, 1.165) is 6.54 Å². The van der Waals surface area contributed by atoms with E-state index in [2.05, 4.69) is 54.0 Å². The van der Waals surface area contributed by atoms with E-state index in [1.807, 2.05) is 0 Å². The van der Waals surface area contributed by atoms with E-state index in [9.17, 15) is 0 Å². The highest BCUT2D eigenvalue weighted by atomic mass is 32.1. The van der Waals surface area contributed by atoms with Crippen LogP contribution in [0.5, 0.6) is 0 Å². The summed E-state index contributed by atoms with van der Waals surface area (Å²) in [5, 5.41) is 5.67. The van der Waals surface area contributed by atoms with E-state index in [1.54, 1.807) is 18.4 Å². The van der Waals surface area contributed by atoms with Gasteiger partial charge in [0.15, 0.2) is 0 Å². The van der Waals surface area contributed by atoms with Crippen LogP contribution in [-0.2, 0) is 17.9 Å². The van der Waals surface area contributed by atoms with Crippen molar-refractivity contribution in [2.75, 3.05) is 7.11 Å². The minimum absolute atomic E-state index is 0.389. The van der Waals surface area contributed by atoms with E-state index in [-0.39, 0.29) is 0 Å². The van der Waals surface area contributed by atoms with Crippen molar-refractivity contribution in [3.63, 3.8) is 0 Å². The predicted octanol–water partition coefficient (Wildman–Crippen LogP) is 3.75. The van der Waals surface area contributed by atoms with Crippen molar-refractivity contribution in [1.82, 2.24) is 5.32 Å². The van der Waals surface area contributed by atoms with Crippen molar-refractivity contribution < 1.29 is 4.74 Å². The molecule has 1 aromatic carbocycles. The molecule has 0 unspecified atom stereocenters. The zero-order valence-corrected chi connectivity index (χ0v) is 11.7. The number of benzene rings is 1. The van der Waals surface area contributed by atoms with Gasteiger partial charge in [0, 0.05) is 24.6 Å². The molecule has 0 fully saturated rings. The first kappa shape index (κ1) is 13.3. The van der Waals surface area contributed by atoms with Crippen molar-refractivity contribution in [2.45, 2.75) is 26.1 Å². The van der Waals surface area contributed by atoms with Gasteiger partial charge in [-0.05, 0) is 29.5 Å². The summed E-state index contributed by atoms with van der Waals surface area (Å²) in [6, 6.07) is 13.1. The van der Waals surface area contributed by atoms with Crippen LogP contribution < -0.4 is 5.32 Å². The Morgan fingerprint density at radius 3 is 2.61 bits per heavy atom. The van der Waals surface area contributed by atoms with Gasteiger partial charge in [0.1, 0.15) is 0 Å². The number of methoxy groups -OCH3 is 1. The van der Waals surface area contributed by atoms with Gasteiger partial charge in [0.05, 0.1) is 6.61 Å². The summed E-state index contributed by atoms with van der Waals surface area (Å²) in [7, 11) is 1.73. The van der Waals surface area contributed by atoms with Crippen molar-refractivity contribution >= 4 is 11.3 Å². The third kappa shape index (κ3) is 3.42. The zero-order valence-electron chi connectivity index (χ0n) is 10.8. The molecule has 96 valence electrons. The van der Waals surface area contributed by atoms with Gasteiger partial charge >= 0.3 is 0 Å². The lowest BCUT2D eigenvalue weighted by atomic mass is 10.1. The SMILES string of the molecule is COCc1ccccc1CN[C@H](C)c1cccs1. The van der Waals surface area contributed by atoms with Crippen LogP contribution in [0.2, 0.25) is 0 Å². The Hall–Kier alpha value is -1.16. The molecule has 0 spiro atoms. The lowest BCUT2D eigenvalue weighted by molar-refractivity contribution is 0.184. The van der Waals surface area contributed by atoms with Gasteiger partial charge in [-0.25, -0.2) is 0 Å². The second-order valence-electron chi connectivity index (χ2n) is 4.32. The van der Waals surface area contributed by atoms with Gasteiger partial charge < -0.3 is 10.1 Å². The quantitative estimate of drug-likeness (QED) is 0.855. The molecule has 0 saturated carbocycles. The molecule has 1 aromatic heterocycles. The molecule has 0 bridgehead atoms. The van der Waals surface area contributed by atoms with E-state index in [0.29, 0.717) is 12.6 Å². The minimum Gasteiger partial charge on any atom is -0.380 e. The zero-order chi connectivity index (χ0) is 12.8. The third-order valence-electron chi connectivity index (χ3n) is 2.99. The van der Waals surface area contributed by atoms with Gasteiger partial charge in [-0.15, -0.1) is 11.3 Å². The highest BCUT2D eigenvalue weighted by Crippen LogP contribution is 2.19. The van der Waals surface area contributed by atoms with Crippen molar-refractivity contribution in [1.29, 1.82) is 0 Å². The summed E-state index contributed by atoms with van der Waals surface area (Å²) in [4.78, 5) is 1.37. The van der Waals surface area contributed by atoms with Crippen LogP contribution in [0.4, 0.5) is 0 Å². The largest absolute Gasteiger partial charge is 0.380 e. The van der Waals surface area contributed by atoms with Gasteiger partial charge in [-0.3, -0.25) is 0 Å². The molecule has 1 heterocycles. The van der Waals surface area contributed by atoms with E-state index in [4.69, 9.17) is 4.74 Å². The molecule has 2 nitrogen and oxygen atoms in total. The molecular formula is C15H19NOS. The standard InChI is InChI=1S/C15H19NOS/c1-12(15-8-5-9-18-15)16-10-13-6-3-4-7-14(13)11-17-2/h3-9,12,16H,10-11H2,1-2H3/t12-/m1/s1. The lowest BCUT2D eigenvalue weighted by Gasteiger charge is -2.14. The summed E-state index contributed by atoms with van der Waals surface area (Å²) in [5.74, 6) is 0. The first-order chi connectivity index (χ1) is 8.81. The molecule has 0 amide bonds. The summed E-state index contributed by atoms with van der Waals surface area (Å²) < 4.78 is 5.22. The maximum absolute atomic E-state index is 5.22. The second kappa shape index (κ2) is 6.69. The molecule has 0 radical (unpaired) electrons. The average Bonchev–Trinajstić information content (AvgIpc) is 2.92. The van der Waals surface area contributed by atoms with Gasteiger partial charge in [0.2, 0.25) is 0 Å². The van der Waals surface area contributed by atoms with Gasteiger partial charge in [-0.1, -0.05) is 30.3 Å². The van der Waals surface area contributed by atoms with Crippen LogP contribution in [-0.4, -0.2) is 7.11 Å². The summed E-state index contributed by atoms with van der Waals surface area (Å²) in [6.45, 7) is 3.74. The average molecular weight is 261 g/mol. The summed E-state index contributed by atoms with van der Waals surface area (Å²) >= 11 is 1.79. The molecule has 2 aromatic rings. The maximum Gasteiger partial charge on any atom is 0.0716 e. The van der Waals surface area contributed by atoms with Gasteiger partial charge in [0.25, 0.3) is 0 Å². The Morgan fingerprint density at radius 1 is 1.17 bits per heavy atom. The molecule has 0 aliphatic heterocycles. The Labute approximate surface area is 113 Å². The molecule has 1 atom stereocenters. The Bertz CT molecular complexity index is 467. The topological polar surface area (TPSA) is 21.3 Å². The summed E-state index contributed by atoms with van der Waals surface area (Å²) in [6.07, 6.45) is 0. The number of hydrogen-bond acceptors (Lipinski definition) is 3. The third-order valence-corrected chi connectivity index (χ3v) is 4.04. The fourth-order valence-corrected chi connectivity index (χ4v) is 2.69. The van der Waals surface area contributed by atoms with Gasteiger partial charge in [-0.2, -0.15) is 0 Å². The van der Waals surface area contributed by atoms with E-state index in [1.165, 1.54) is 16.0 Å². The Morgan fingerprint density at radius 2 is 1.94 bits per heavy atom. The van der Waals surface area contributed by atoms with Crippen LogP contribution in [0.25, 0.3) is 0 Å². The molecule has 0 saturated heterocycles. The molecule has 2 rings (SSSR count). The lowest BCUT2D eigenvalue weighted by Crippen LogP contribution is -2.18. The molecular weight excluding hydrogens is 242 g/mol. The number of hydrogen-bond donors (Lipinski definition) is 1. The number of nitrogens with one attached hydrogen (secondary N) is 1. The number of thiophene rings is 1. The maximum atomic E-state index is 5.22. The first-order valence-electron chi connectivity index (χ1n) is 6.13. The normalized spacial score (nSPS) is 12.6. The fraction of sp³-hybridized carbons (Fsp3) is 0.333. The van der Waals surface area contributed by atoms with Crippen LogP contribution >= 0.6 is 11.3 Å². The molecule has 0 aliphatic rings. The molecule has 3 heteroatoms. The highest BCUT2D eigenvalue weighted by Gasteiger charge is 2.07. The molecule has 0 aliphatic carbocycles. The van der Waals surface area contributed by atoms with Crippen molar-refractivity contribution in [2.24, 2.45) is 0 Å². The fourth-order valence-electron chi connectivity index (χ4n) is 1.93. The monoisotopic (exact) mass is 261 g/mol. The van der Waals surface area contributed by atoms with Crippen LogP contribution in [0.15, 0.2) is 41.8 Å². The number of ether oxygens (including phenoxy) is 1. The Kier molecular flexibility index (Phi) is 4.93. The Balaban J connectivity index is 1.97. The predicted molar refractivity (Wildman–Crippen MR) is 76.7 cm³/mol. The minimum atomic E-state index is 0.389. The second-order valence-corrected chi connectivity index (χ2v) is 5.30. The molecule has 18 heavy (non-hydrogen) atoms. The van der Waals surface area contributed by atoms with Crippen molar-refractivity contribution in [3.05, 3.63) is 57.8 Å². The smallest absolute Gasteiger partial charge is 0.0716 e. The van der Waals surface area contributed by atoms with Crippen molar-refractivity contribution in [3.8, 4) is 0 Å². The number of rotatable bonds is 6. The van der Waals surface area contributed by atoms with Crippen LogP contribution in [0.1, 0.15) is 29.0 Å².